The smallest absolute Gasteiger partial charge is 0.0559 e. The predicted molar refractivity (Wildman–Crippen MR) is 26.3 cm³/mol. The number of rotatable bonds is 2. The molecule has 1 heteroatoms. The molecule has 0 fully saturated rings. The lowest BCUT2D eigenvalue weighted by Crippen LogP contribution is -1.96. The molecule has 0 radical (unpaired) electrons. The van der Waals surface area contributed by atoms with E-state index < -0.39 is 0 Å². The summed E-state index contributed by atoms with van der Waals surface area (Å²) in [7, 11) is 0. The van der Waals surface area contributed by atoms with E-state index in [1.807, 2.05) is 6.92 Å². The van der Waals surface area contributed by atoms with Gasteiger partial charge in [-0.2, -0.15) is 0 Å². The van der Waals surface area contributed by atoms with E-state index in [4.69, 9.17) is 5.11 Å². The highest BCUT2D eigenvalue weighted by molar-refractivity contribution is 4.52. The molecule has 0 saturated heterocycles. The lowest BCUT2D eigenvalue weighted by molar-refractivity contribution is 0.209. The largest absolute Gasteiger partial charge is 0.425 e. The van der Waals surface area contributed by atoms with E-state index in [2.05, 4.69) is 6.92 Å². The molecule has 0 amide bonds. The molecule has 6 heavy (non-hydrogen) atoms. The van der Waals surface area contributed by atoms with Gasteiger partial charge in [0.1, 0.15) is 0 Å². The van der Waals surface area contributed by atoms with Crippen LogP contribution in [-0.4, -0.2) is 11.2 Å². The second-order valence-corrected chi connectivity index (χ2v) is 1.44. The summed E-state index contributed by atoms with van der Waals surface area (Å²) in [5, 5.41) is 8.44. The highest BCUT2D eigenvalue weighted by atomic mass is 16.3. The van der Waals surface area contributed by atoms with E-state index in [1.54, 1.807) is 0 Å². The first-order valence-corrected chi connectivity index (χ1v) is 2.28. The molecular formula is C5H11O-. The van der Waals surface area contributed by atoms with Crippen molar-refractivity contribution < 1.29 is 5.11 Å². The van der Waals surface area contributed by atoms with Gasteiger partial charge in [0.05, 0.1) is 0 Å². The second-order valence-electron chi connectivity index (χ2n) is 1.44. The van der Waals surface area contributed by atoms with Gasteiger partial charge >= 0.3 is 0 Å². The van der Waals surface area contributed by atoms with Gasteiger partial charge in [-0.05, 0) is 0 Å². The van der Waals surface area contributed by atoms with Crippen LogP contribution in [0.5, 0.6) is 0 Å². The average molecular weight is 87.1 g/mol. The molecule has 0 spiro atoms. The van der Waals surface area contributed by atoms with E-state index in [9.17, 15) is 0 Å². The minimum Gasteiger partial charge on any atom is -0.425 e. The Morgan fingerprint density at radius 1 is 1.83 bits per heavy atom. The molecule has 1 nitrogen and oxygen atoms in total. The molecule has 0 aliphatic heterocycles. The van der Waals surface area contributed by atoms with E-state index in [1.165, 1.54) is 0 Å². The van der Waals surface area contributed by atoms with Crippen LogP contribution in [0.3, 0.4) is 0 Å². The van der Waals surface area contributed by atoms with Crippen molar-refractivity contribution in [2.45, 2.75) is 25.9 Å². The minimum absolute atomic E-state index is 0.352. The Labute approximate surface area is 39.0 Å². The topological polar surface area (TPSA) is 20.2 Å². The Morgan fingerprint density at radius 3 is 2.33 bits per heavy atom. The van der Waals surface area contributed by atoms with Crippen LogP contribution in [0.1, 0.15) is 19.8 Å². The lowest BCUT2D eigenvalue weighted by Gasteiger charge is -2.04. The van der Waals surface area contributed by atoms with Gasteiger partial charge in [0, 0.05) is 0 Å². The molecular weight excluding hydrogens is 76.1 g/mol. The van der Waals surface area contributed by atoms with Crippen LogP contribution in [-0.2, 0) is 0 Å². The molecule has 0 rings (SSSR count). The van der Waals surface area contributed by atoms with Gasteiger partial charge in [0.25, 0.3) is 0 Å². The zero-order valence-corrected chi connectivity index (χ0v) is 4.15. The van der Waals surface area contributed by atoms with Gasteiger partial charge < -0.3 is 12.0 Å². The van der Waals surface area contributed by atoms with Gasteiger partial charge in [0.2, 0.25) is 0 Å². The number of hydrogen-bond acceptors (Lipinski definition) is 1. The summed E-state index contributed by atoms with van der Waals surface area (Å²) in [6.07, 6.45) is 1.49. The van der Waals surface area contributed by atoms with Gasteiger partial charge in [-0.15, -0.1) is 0 Å². The Balaban J connectivity index is 2.63. The lowest BCUT2D eigenvalue weighted by atomic mass is 10.2. The zero-order chi connectivity index (χ0) is 4.99. The van der Waals surface area contributed by atoms with Crippen LogP contribution < -0.4 is 0 Å². The normalized spacial score (nSPS) is 14.5. The third-order valence-electron chi connectivity index (χ3n) is 0.622. The zero-order valence-electron chi connectivity index (χ0n) is 4.15. The maximum absolute atomic E-state index is 8.44. The quantitative estimate of drug-likeness (QED) is 0.498. The fourth-order valence-corrected chi connectivity index (χ4v) is 0.333. The number of aliphatic hydroxyl groups excluding tert-OH is 1. The molecule has 38 valence electrons. The fraction of sp³-hybridized carbons (Fsp3) is 0.800. The van der Waals surface area contributed by atoms with Crippen LogP contribution in [0.25, 0.3) is 0 Å². The van der Waals surface area contributed by atoms with Crippen molar-refractivity contribution in [1.82, 2.24) is 0 Å². The van der Waals surface area contributed by atoms with Crippen molar-refractivity contribution in [1.29, 1.82) is 0 Å². The standard InChI is InChI=1S/C5H11O/c1-3-4-5(2)6/h5-6H,2-4H2,1H3/q-1. The molecule has 0 bridgehead atoms. The molecule has 0 saturated carbocycles. The molecule has 0 heterocycles. The van der Waals surface area contributed by atoms with Crippen molar-refractivity contribution in [2.75, 3.05) is 0 Å². The molecule has 1 N–H and O–H groups in total. The molecule has 0 aromatic carbocycles. The monoisotopic (exact) mass is 87.1 g/mol. The SMILES string of the molecule is [CH2-]C(O)CCC. The summed E-state index contributed by atoms with van der Waals surface area (Å²) in [5.74, 6) is 0. The first kappa shape index (κ1) is 5.96. The number of hydrogen-bond donors (Lipinski definition) is 1. The summed E-state index contributed by atoms with van der Waals surface area (Å²) in [6, 6.07) is 0. The third kappa shape index (κ3) is 3.96. The molecule has 0 aromatic heterocycles. The molecule has 0 aliphatic carbocycles. The number of aliphatic hydroxyl groups is 1. The van der Waals surface area contributed by atoms with Crippen LogP contribution in [0, 0.1) is 6.92 Å². The maximum Gasteiger partial charge on any atom is -0.0559 e. The highest BCUT2D eigenvalue weighted by Crippen LogP contribution is 1.90. The van der Waals surface area contributed by atoms with E-state index in [0.717, 1.165) is 12.8 Å². The summed E-state index contributed by atoms with van der Waals surface area (Å²) in [4.78, 5) is 0. The maximum atomic E-state index is 8.44. The average Bonchev–Trinajstić information content (AvgIpc) is 1.35. The fourth-order valence-electron chi connectivity index (χ4n) is 0.333. The van der Waals surface area contributed by atoms with Gasteiger partial charge in [0.15, 0.2) is 0 Å². The summed E-state index contributed by atoms with van der Waals surface area (Å²) in [6.45, 7) is 5.41. The third-order valence-corrected chi connectivity index (χ3v) is 0.622. The molecule has 0 aromatic rings. The Morgan fingerprint density at radius 2 is 2.33 bits per heavy atom. The molecule has 1 atom stereocenters. The Bertz CT molecular complexity index is 25.1. The van der Waals surface area contributed by atoms with Gasteiger partial charge in [-0.3, -0.25) is 0 Å². The predicted octanol–water partition coefficient (Wildman–Crippen LogP) is 0.981. The van der Waals surface area contributed by atoms with Gasteiger partial charge in [-0.25, -0.2) is 0 Å². The Kier molecular flexibility index (Phi) is 3.14. The van der Waals surface area contributed by atoms with Crippen LogP contribution in [0.15, 0.2) is 0 Å². The highest BCUT2D eigenvalue weighted by Gasteiger charge is 1.79. The van der Waals surface area contributed by atoms with Crippen molar-refractivity contribution in [2.24, 2.45) is 0 Å². The summed E-state index contributed by atoms with van der Waals surface area (Å²) in [5.41, 5.74) is 0. The van der Waals surface area contributed by atoms with E-state index in [-0.39, 0.29) is 6.10 Å². The first-order chi connectivity index (χ1) is 2.77. The summed E-state index contributed by atoms with van der Waals surface area (Å²) < 4.78 is 0. The second kappa shape index (κ2) is 3.16. The van der Waals surface area contributed by atoms with Crippen molar-refractivity contribution in [3.8, 4) is 0 Å². The minimum atomic E-state index is -0.352. The van der Waals surface area contributed by atoms with E-state index in [0.29, 0.717) is 0 Å². The molecule has 0 aliphatic rings. The van der Waals surface area contributed by atoms with Crippen LogP contribution in [0.2, 0.25) is 0 Å². The van der Waals surface area contributed by atoms with Crippen molar-refractivity contribution in [3.05, 3.63) is 6.92 Å². The Hall–Kier alpha value is -0.0400. The summed E-state index contributed by atoms with van der Waals surface area (Å²) >= 11 is 0. The van der Waals surface area contributed by atoms with Crippen molar-refractivity contribution in [3.63, 3.8) is 0 Å². The van der Waals surface area contributed by atoms with Crippen molar-refractivity contribution >= 4 is 0 Å². The van der Waals surface area contributed by atoms with Gasteiger partial charge in [-0.1, -0.05) is 25.9 Å². The molecule has 1 unspecified atom stereocenters. The van der Waals surface area contributed by atoms with Crippen LogP contribution >= 0.6 is 0 Å². The first-order valence-electron chi connectivity index (χ1n) is 2.28. The van der Waals surface area contributed by atoms with Crippen LogP contribution in [0.4, 0.5) is 0 Å². The van der Waals surface area contributed by atoms with E-state index >= 15 is 0 Å².